The van der Waals surface area contributed by atoms with Crippen molar-refractivity contribution in [1.29, 1.82) is 0 Å². The van der Waals surface area contributed by atoms with Crippen molar-refractivity contribution < 1.29 is 13.2 Å². The predicted octanol–water partition coefficient (Wildman–Crippen LogP) is 2.50. The summed E-state index contributed by atoms with van der Waals surface area (Å²) in [5, 5.41) is 0. The number of rotatable bonds is 6. The van der Waals surface area contributed by atoms with E-state index in [-0.39, 0.29) is 24.4 Å². The van der Waals surface area contributed by atoms with Crippen LogP contribution in [0.25, 0.3) is 0 Å². The van der Waals surface area contributed by atoms with E-state index in [9.17, 15) is 8.42 Å². The van der Waals surface area contributed by atoms with E-state index in [0.29, 0.717) is 36.3 Å². The Balaban J connectivity index is 0.00000264. The van der Waals surface area contributed by atoms with E-state index in [1.165, 1.54) is 4.31 Å². The third-order valence-electron chi connectivity index (χ3n) is 3.98. The number of hydrogen-bond donors (Lipinski definition) is 1. The Morgan fingerprint density at radius 2 is 1.87 bits per heavy atom. The van der Waals surface area contributed by atoms with E-state index in [1.807, 2.05) is 6.92 Å². The summed E-state index contributed by atoms with van der Waals surface area (Å²) < 4.78 is 32.4. The SMILES string of the molecule is CC(C)COc1ccc(S(=O)(=O)N2CCC(C(C)N)C2)cc1.Cl. The molecule has 23 heavy (non-hydrogen) atoms. The van der Waals surface area contributed by atoms with E-state index >= 15 is 0 Å². The highest BCUT2D eigenvalue weighted by atomic mass is 35.5. The average Bonchev–Trinajstić information content (AvgIpc) is 2.96. The van der Waals surface area contributed by atoms with E-state index < -0.39 is 10.0 Å². The van der Waals surface area contributed by atoms with Crippen molar-refractivity contribution in [2.75, 3.05) is 19.7 Å². The number of nitrogens with two attached hydrogens (primary N) is 1. The van der Waals surface area contributed by atoms with Crippen molar-refractivity contribution in [2.24, 2.45) is 17.6 Å². The Hall–Kier alpha value is -0.820. The van der Waals surface area contributed by atoms with Crippen LogP contribution in [-0.4, -0.2) is 38.5 Å². The van der Waals surface area contributed by atoms with Crippen molar-refractivity contribution >= 4 is 22.4 Å². The van der Waals surface area contributed by atoms with Gasteiger partial charge in [0.15, 0.2) is 0 Å². The molecule has 1 aliphatic heterocycles. The van der Waals surface area contributed by atoms with Gasteiger partial charge in [-0.05, 0) is 49.4 Å². The average molecular weight is 363 g/mol. The molecule has 1 aliphatic rings. The van der Waals surface area contributed by atoms with Crippen LogP contribution in [-0.2, 0) is 10.0 Å². The number of sulfonamides is 1. The van der Waals surface area contributed by atoms with Gasteiger partial charge in [0, 0.05) is 19.1 Å². The summed E-state index contributed by atoms with van der Waals surface area (Å²) in [6.07, 6.45) is 0.826. The normalized spacial score (nSPS) is 20.3. The zero-order valence-electron chi connectivity index (χ0n) is 13.9. The molecule has 5 nitrogen and oxygen atoms in total. The first-order valence-corrected chi connectivity index (χ1v) is 9.23. The largest absolute Gasteiger partial charge is 0.493 e. The molecular formula is C16H27ClN2O3S. The maximum absolute atomic E-state index is 12.6. The Bertz CT molecular complexity index is 588. The summed E-state index contributed by atoms with van der Waals surface area (Å²) in [7, 11) is -3.43. The van der Waals surface area contributed by atoms with Crippen molar-refractivity contribution in [2.45, 2.75) is 38.1 Å². The van der Waals surface area contributed by atoms with Gasteiger partial charge in [0.2, 0.25) is 10.0 Å². The molecule has 1 aromatic carbocycles. The molecule has 1 aromatic rings. The number of nitrogens with zero attached hydrogens (tertiary/aromatic N) is 1. The van der Waals surface area contributed by atoms with Crippen molar-refractivity contribution in [3.63, 3.8) is 0 Å². The third-order valence-corrected chi connectivity index (χ3v) is 5.86. The first-order valence-electron chi connectivity index (χ1n) is 7.79. The highest BCUT2D eigenvalue weighted by Gasteiger charge is 2.33. The maximum Gasteiger partial charge on any atom is 0.243 e. The number of ether oxygens (including phenoxy) is 1. The molecule has 132 valence electrons. The van der Waals surface area contributed by atoms with Crippen molar-refractivity contribution in [1.82, 2.24) is 4.31 Å². The molecule has 1 heterocycles. The standard InChI is InChI=1S/C16H26N2O3S.ClH/c1-12(2)11-21-15-4-6-16(7-5-15)22(19,20)18-9-8-14(10-18)13(3)17;/h4-7,12-14H,8-11,17H2,1-3H3;1H. The van der Waals surface area contributed by atoms with Gasteiger partial charge in [0.1, 0.15) is 5.75 Å². The minimum absolute atomic E-state index is 0. The Morgan fingerprint density at radius 1 is 1.26 bits per heavy atom. The molecule has 1 fully saturated rings. The molecule has 0 radical (unpaired) electrons. The predicted molar refractivity (Wildman–Crippen MR) is 94.5 cm³/mol. The lowest BCUT2D eigenvalue weighted by molar-refractivity contribution is 0.271. The van der Waals surface area contributed by atoms with Gasteiger partial charge in [-0.1, -0.05) is 13.8 Å². The zero-order chi connectivity index (χ0) is 16.3. The zero-order valence-corrected chi connectivity index (χ0v) is 15.6. The highest BCUT2D eigenvalue weighted by molar-refractivity contribution is 7.89. The lowest BCUT2D eigenvalue weighted by Crippen LogP contribution is -2.33. The molecular weight excluding hydrogens is 336 g/mol. The fourth-order valence-electron chi connectivity index (χ4n) is 2.52. The molecule has 2 atom stereocenters. The van der Waals surface area contributed by atoms with Crippen molar-refractivity contribution in [3.05, 3.63) is 24.3 Å². The van der Waals surface area contributed by atoms with Crippen LogP contribution in [0.3, 0.4) is 0 Å². The molecule has 0 saturated carbocycles. The lowest BCUT2D eigenvalue weighted by atomic mass is 10.0. The molecule has 0 amide bonds. The minimum Gasteiger partial charge on any atom is -0.493 e. The summed E-state index contributed by atoms with van der Waals surface area (Å²) in [6.45, 7) is 7.74. The number of hydrogen-bond acceptors (Lipinski definition) is 4. The fraction of sp³-hybridized carbons (Fsp3) is 0.625. The van der Waals surface area contributed by atoms with Gasteiger partial charge in [-0.2, -0.15) is 4.31 Å². The minimum atomic E-state index is -3.43. The molecule has 0 aliphatic carbocycles. The Morgan fingerprint density at radius 3 is 2.35 bits per heavy atom. The van der Waals surface area contributed by atoms with Crippen LogP contribution < -0.4 is 10.5 Å². The van der Waals surface area contributed by atoms with Crippen LogP contribution >= 0.6 is 12.4 Å². The lowest BCUT2D eigenvalue weighted by Gasteiger charge is -2.18. The van der Waals surface area contributed by atoms with Crippen LogP contribution in [0.1, 0.15) is 27.2 Å². The molecule has 7 heteroatoms. The van der Waals surface area contributed by atoms with E-state index in [2.05, 4.69) is 13.8 Å². The molecule has 0 aromatic heterocycles. The topological polar surface area (TPSA) is 72.6 Å². The highest BCUT2D eigenvalue weighted by Crippen LogP contribution is 2.26. The third kappa shape index (κ3) is 5.08. The smallest absolute Gasteiger partial charge is 0.243 e. The second-order valence-electron chi connectivity index (χ2n) is 6.45. The van der Waals surface area contributed by atoms with Crippen molar-refractivity contribution in [3.8, 4) is 5.75 Å². The van der Waals surface area contributed by atoms with Crippen LogP contribution in [0.4, 0.5) is 0 Å². The second kappa shape index (κ2) is 8.33. The summed E-state index contributed by atoms with van der Waals surface area (Å²) in [5.41, 5.74) is 5.88. The molecule has 2 N–H and O–H groups in total. The Labute approximate surface area is 145 Å². The van der Waals surface area contributed by atoms with Crippen LogP contribution in [0.5, 0.6) is 5.75 Å². The van der Waals surface area contributed by atoms with Gasteiger partial charge in [-0.3, -0.25) is 0 Å². The summed E-state index contributed by atoms with van der Waals surface area (Å²) in [4.78, 5) is 0.315. The number of halogens is 1. The summed E-state index contributed by atoms with van der Waals surface area (Å²) in [5.74, 6) is 1.37. The van der Waals surface area contributed by atoms with Gasteiger partial charge in [0.05, 0.1) is 11.5 Å². The number of benzene rings is 1. The Kier molecular flexibility index (Phi) is 7.32. The van der Waals surface area contributed by atoms with Gasteiger partial charge >= 0.3 is 0 Å². The van der Waals surface area contributed by atoms with Crippen LogP contribution in [0, 0.1) is 11.8 Å². The van der Waals surface area contributed by atoms with Gasteiger partial charge in [0.25, 0.3) is 0 Å². The first kappa shape index (κ1) is 20.2. The van der Waals surface area contributed by atoms with E-state index in [4.69, 9.17) is 10.5 Å². The van der Waals surface area contributed by atoms with Crippen LogP contribution in [0.2, 0.25) is 0 Å². The molecule has 2 rings (SSSR count). The fourth-order valence-corrected chi connectivity index (χ4v) is 4.03. The van der Waals surface area contributed by atoms with E-state index in [1.54, 1.807) is 24.3 Å². The quantitative estimate of drug-likeness (QED) is 0.843. The van der Waals surface area contributed by atoms with E-state index in [0.717, 1.165) is 6.42 Å². The molecule has 0 spiro atoms. The second-order valence-corrected chi connectivity index (χ2v) is 8.39. The van der Waals surface area contributed by atoms with Gasteiger partial charge in [-0.25, -0.2) is 8.42 Å². The molecule has 1 saturated heterocycles. The maximum atomic E-state index is 12.6. The molecule has 2 unspecified atom stereocenters. The monoisotopic (exact) mass is 362 g/mol. The first-order chi connectivity index (χ1) is 10.3. The summed E-state index contributed by atoms with van der Waals surface area (Å²) in [6, 6.07) is 6.68. The van der Waals surface area contributed by atoms with Crippen LogP contribution in [0.15, 0.2) is 29.2 Å². The molecule has 0 bridgehead atoms. The van der Waals surface area contributed by atoms with Gasteiger partial charge in [-0.15, -0.1) is 12.4 Å². The van der Waals surface area contributed by atoms with Gasteiger partial charge < -0.3 is 10.5 Å². The summed E-state index contributed by atoms with van der Waals surface area (Å²) >= 11 is 0.